The molecule has 0 spiro atoms. The number of nitro benzene ring substituents is 1. The molecule has 0 saturated heterocycles. The highest BCUT2D eigenvalue weighted by atomic mass is 127. The van der Waals surface area contributed by atoms with E-state index in [1.54, 1.807) is 6.07 Å². The topological polar surface area (TPSA) is 122 Å². The SMILES string of the molecule is Cc1cc(I)ccc1Nc1cc([N+](=O)[O-])ccc1S(=O)(=O)NO. The highest BCUT2D eigenvalue weighted by Crippen LogP contribution is 2.30. The number of anilines is 2. The molecule has 2 aromatic carbocycles. The maximum Gasteiger partial charge on any atom is 0.271 e. The van der Waals surface area contributed by atoms with Crippen LogP contribution in [0, 0.1) is 20.6 Å². The van der Waals surface area contributed by atoms with Crippen LogP contribution in [-0.2, 0) is 10.0 Å². The van der Waals surface area contributed by atoms with Crippen LogP contribution < -0.4 is 10.2 Å². The second-order valence-electron chi connectivity index (χ2n) is 4.62. The lowest BCUT2D eigenvalue weighted by Gasteiger charge is -2.13. The molecule has 23 heavy (non-hydrogen) atoms. The zero-order valence-corrected chi connectivity index (χ0v) is 14.8. The van der Waals surface area contributed by atoms with E-state index in [1.807, 2.05) is 19.1 Å². The van der Waals surface area contributed by atoms with Gasteiger partial charge in [0, 0.05) is 21.4 Å². The molecular formula is C13H12IN3O5S. The van der Waals surface area contributed by atoms with E-state index >= 15 is 0 Å². The average Bonchev–Trinajstić information content (AvgIpc) is 2.49. The van der Waals surface area contributed by atoms with E-state index in [2.05, 4.69) is 27.9 Å². The van der Waals surface area contributed by atoms with Crippen molar-refractivity contribution in [3.8, 4) is 0 Å². The maximum absolute atomic E-state index is 11.9. The second-order valence-corrected chi connectivity index (χ2v) is 7.49. The van der Waals surface area contributed by atoms with E-state index in [4.69, 9.17) is 5.21 Å². The van der Waals surface area contributed by atoms with Gasteiger partial charge in [-0.15, -0.1) is 0 Å². The summed E-state index contributed by atoms with van der Waals surface area (Å²) in [7, 11) is -4.19. The van der Waals surface area contributed by atoms with Gasteiger partial charge >= 0.3 is 0 Å². The van der Waals surface area contributed by atoms with Crippen LogP contribution in [0.3, 0.4) is 0 Å². The molecule has 0 atom stereocenters. The van der Waals surface area contributed by atoms with Crippen LogP contribution in [0.15, 0.2) is 41.3 Å². The van der Waals surface area contributed by atoms with E-state index in [9.17, 15) is 18.5 Å². The third-order valence-electron chi connectivity index (χ3n) is 3.04. The minimum absolute atomic E-state index is 0.00921. The quantitative estimate of drug-likeness (QED) is 0.367. The van der Waals surface area contributed by atoms with Crippen molar-refractivity contribution in [2.45, 2.75) is 11.8 Å². The molecule has 8 nitrogen and oxygen atoms in total. The highest BCUT2D eigenvalue weighted by molar-refractivity contribution is 14.1. The van der Waals surface area contributed by atoms with E-state index in [-0.39, 0.29) is 16.3 Å². The van der Waals surface area contributed by atoms with Gasteiger partial charge < -0.3 is 10.5 Å². The molecule has 0 aromatic heterocycles. The zero-order valence-electron chi connectivity index (χ0n) is 11.8. The maximum atomic E-state index is 11.9. The van der Waals surface area contributed by atoms with Crippen molar-refractivity contribution < 1.29 is 18.5 Å². The number of nitrogens with one attached hydrogen (secondary N) is 2. The number of rotatable bonds is 5. The Morgan fingerprint density at radius 1 is 1.17 bits per heavy atom. The van der Waals surface area contributed by atoms with Gasteiger partial charge in [0.15, 0.2) is 0 Å². The monoisotopic (exact) mass is 449 g/mol. The summed E-state index contributed by atoms with van der Waals surface area (Å²) in [6.45, 7) is 1.82. The fraction of sp³-hybridized carbons (Fsp3) is 0.0769. The first-order valence-corrected chi connectivity index (χ1v) is 8.78. The lowest BCUT2D eigenvalue weighted by atomic mass is 10.2. The fourth-order valence-corrected chi connectivity index (χ4v) is 3.32. The fourth-order valence-electron chi connectivity index (χ4n) is 1.93. The highest BCUT2D eigenvalue weighted by Gasteiger charge is 2.21. The Hall–Kier alpha value is -1.76. The van der Waals surface area contributed by atoms with Crippen LogP contribution in [0.1, 0.15) is 5.56 Å². The van der Waals surface area contributed by atoms with Crippen molar-refractivity contribution in [2.75, 3.05) is 5.32 Å². The standard InChI is InChI=1S/C13H12IN3O5S/c1-8-6-9(14)2-4-11(8)15-12-7-10(17(19)20)3-5-13(12)23(21,22)16-18/h2-7,15-16,18H,1H3. The number of nitro groups is 1. The molecule has 10 heteroatoms. The Morgan fingerprint density at radius 3 is 2.43 bits per heavy atom. The molecule has 2 rings (SSSR count). The number of non-ortho nitro benzene ring substituents is 1. The molecule has 0 aliphatic rings. The van der Waals surface area contributed by atoms with Crippen LogP contribution >= 0.6 is 22.6 Å². The van der Waals surface area contributed by atoms with Gasteiger partial charge in [0.2, 0.25) is 0 Å². The molecule has 0 radical (unpaired) electrons. The molecular weight excluding hydrogens is 437 g/mol. The zero-order chi connectivity index (χ0) is 17.2. The number of hydrogen-bond donors (Lipinski definition) is 3. The van der Waals surface area contributed by atoms with Crippen molar-refractivity contribution in [1.82, 2.24) is 4.89 Å². The number of halogens is 1. The smallest absolute Gasteiger partial charge is 0.271 e. The number of hydrogen-bond acceptors (Lipinski definition) is 6. The van der Waals surface area contributed by atoms with E-state index in [1.165, 1.54) is 4.89 Å². The number of nitrogens with zero attached hydrogens (tertiary/aromatic N) is 1. The van der Waals surface area contributed by atoms with Crippen LogP contribution in [-0.4, -0.2) is 18.5 Å². The Morgan fingerprint density at radius 2 is 1.87 bits per heavy atom. The van der Waals surface area contributed by atoms with E-state index in [0.717, 1.165) is 27.3 Å². The van der Waals surface area contributed by atoms with Crippen LogP contribution in [0.25, 0.3) is 0 Å². The number of aryl methyl sites for hydroxylation is 1. The molecule has 0 amide bonds. The van der Waals surface area contributed by atoms with Crippen LogP contribution in [0.5, 0.6) is 0 Å². The normalized spacial score (nSPS) is 11.3. The van der Waals surface area contributed by atoms with Gasteiger partial charge in [-0.2, -0.15) is 0 Å². The summed E-state index contributed by atoms with van der Waals surface area (Å²) in [4.78, 5) is 11.2. The Labute approximate surface area is 145 Å². The third-order valence-corrected chi connectivity index (χ3v) is 4.89. The second kappa shape index (κ2) is 6.78. The molecule has 122 valence electrons. The van der Waals surface area contributed by atoms with Crippen molar-refractivity contribution in [1.29, 1.82) is 0 Å². The summed E-state index contributed by atoms with van der Waals surface area (Å²) in [6, 6.07) is 8.63. The third kappa shape index (κ3) is 3.96. The molecule has 0 heterocycles. The summed E-state index contributed by atoms with van der Waals surface area (Å²) < 4.78 is 24.7. The summed E-state index contributed by atoms with van der Waals surface area (Å²) in [5.41, 5.74) is 1.15. The average molecular weight is 449 g/mol. The predicted octanol–water partition coefficient (Wildman–Crippen LogP) is 2.92. The first-order chi connectivity index (χ1) is 10.7. The molecule has 0 unspecified atom stereocenters. The van der Waals surface area contributed by atoms with Crippen LogP contribution in [0.4, 0.5) is 17.1 Å². The Kier molecular flexibility index (Phi) is 5.19. The summed E-state index contributed by atoms with van der Waals surface area (Å²) in [6.07, 6.45) is 0. The molecule has 2 aromatic rings. The summed E-state index contributed by atoms with van der Waals surface area (Å²) in [5.74, 6) is 0. The lowest BCUT2D eigenvalue weighted by Crippen LogP contribution is -2.20. The van der Waals surface area contributed by atoms with Crippen LogP contribution in [0.2, 0.25) is 0 Å². The first-order valence-electron chi connectivity index (χ1n) is 6.22. The minimum atomic E-state index is -4.19. The number of sulfonamides is 1. The van der Waals surface area contributed by atoms with Gasteiger partial charge in [0.25, 0.3) is 15.7 Å². The predicted molar refractivity (Wildman–Crippen MR) is 92.4 cm³/mol. The van der Waals surface area contributed by atoms with Gasteiger partial charge in [-0.25, -0.2) is 8.42 Å². The van der Waals surface area contributed by atoms with Crippen molar-refractivity contribution in [2.24, 2.45) is 0 Å². The Balaban J connectivity index is 2.58. The van der Waals surface area contributed by atoms with E-state index in [0.29, 0.717) is 5.69 Å². The molecule has 0 saturated carbocycles. The molecule has 0 fully saturated rings. The van der Waals surface area contributed by atoms with Crippen molar-refractivity contribution in [3.63, 3.8) is 0 Å². The van der Waals surface area contributed by atoms with Gasteiger partial charge in [-0.3, -0.25) is 10.1 Å². The summed E-state index contributed by atoms with van der Waals surface area (Å²) in [5, 5.41) is 22.6. The van der Waals surface area contributed by atoms with Crippen molar-refractivity contribution >= 4 is 49.7 Å². The largest absolute Gasteiger partial charge is 0.354 e. The summed E-state index contributed by atoms with van der Waals surface area (Å²) >= 11 is 2.14. The van der Waals surface area contributed by atoms with Gasteiger partial charge in [0.05, 0.1) is 10.6 Å². The Bertz CT molecular complexity index is 870. The van der Waals surface area contributed by atoms with Gasteiger partial charge in [-0.1, -0.05) is 4.89 Å². The van der Waals surface area contributed by atoms with Gasteiger partial charge in [0.1, 0.15) is 4.90 Å². The molecule has 0 bridgehead atoms. The van der Waals surface area contributed by atoms with E-state index < -0.39 is 14.9 Å². The van der Waals surface area contributed by atoms with Gasteiger partial charge in [-0.05, 0) is 59.3 Å². The molecule has 3 N–H and O–H groups in total. The molecule has 0 aliphatic heterocycles. The first kappa shape index (κ1) is 17.6. The minimum Gasteiger partial charge on any atom is -0.354 e. The lowest BCUT2D eigenvalue weighted by molar-refractivity contribution is -0.384. The molecule has 0 aliphatic carbocycles. The number of benzene rings is 2. The van der Waals surface area contributed by atoms with Crippen molar-refractivity contribution in [3.05, 3.63) is 55.6 Å².